The summed E-state index contributed by atoms with van der Waals surface area (Å²) < 4.78 is 5.58. The molecule has 0 bridgehead atoms. The highest BCUT2D eigenvalue weighted by atomic mass is 16.5. The number of amides is 2. The number of likely N-dealkylation sites (N-methyl/N-ethyl adjacent to an activating group) is 1. The number of ether oxygens (including phenoxy) is 1. The van der Waals surface area contributed by atoms with Crippen molar-refractivity contribution < 1.29 is 24.5 Å². The van der Waals surface area contributed by atoms with E-state index in [4.69, 9.17) is 4.74 Å². The molecule has 144 valence electrons. The highest BCUT2D eigenvalue weighted by molar-refractivity contribution is 5.94. The molecule has 0 aromatic heterocycles. The number of nitrogens with one attached hydrogen (secondary N) is 2. The Morgan fingerprint density at radius 3 is 2.38 bits per heavy atom. The van der Waals surface area contributed by atoms with E-state index in [0.717, 1.165) is 0 Å². The van der Waals surface area contributed by atoms with E-state index < -0.39 is 24.4 Å². The first-order valence-electron chi connectivity index (χ1n) is 8.64. The summed E-state index contributed by atoms with van der Waals surface area (Å²) in [5.41, 5.74) is 0.498. The Hall–Kier alpha value is -2.00. The van der Waals surface area contributed by atoms with E-state index >= 15 is 0 Å². The third-order valence-electron chi connectivity index (χ3n) is 4.23. The second-order valence-electron chi connectivity index (χ2n) is 6.63. The summed E-state index contributed by atoms with van der Waals surface area (Å²) in [5.74, 6) is -0.544. The van der Waals surface area contributed by atoms with Crippen LogP contribution in [0.5, 0.6) is 0 Å². The summed E-state index contributed by atoms with van der Waals surface area (Å²) in [5, 5.41) is 25.6. The van der Waals surface area contributed by atoms with Crippen molar-refractivity contribution in [2.24, 2.45) is 0 Å². The van der Waals surface area contributed by atoms with Gasteiger partial charge in [-0.05, 0) is 26.2 Å². The number of nitrogens with zero attached hydrogens (tertiary/aromatic N) is 1. The topological polar surface area (TPSA) is 111 Å². The molecule has 1 aromatic carbocycles. The predicted molar refractivity (Wildman–Crippen MR) is 95.6 cm³/mol. The van der Waals surface area contributed by atoms with Gasteiger partial charge in [0, 0.05) is 25.2 Å². The van der Waals surface area contributed by atoms with Crippen molar-refractivity contribution in [2.45, 2.75) is 30.8 Å². The van der Waals surface area contributed by atoms with Crippen molar-refractivity contribution in [1.82, 2.24) is 15.5 Å². The predicted octanol–water partition coefficient (Wildman–Crippen LogP) is -1.03. The molecule has 1 aliphatic rings. The van der Waals surface area contributed by atoms with Gasteiger partial charge in [-0.1, -0.05) is 18.2 Å². The second kappa shape index (κ2) is 9.63. The van der Waals surface area contributed by atoms with E-state index in [1.165, 1.54) is 0 Å². The van der Waals surface area contributed by atoms with Crippen LogP contribution in [0.15, 0.2) is 30.3 Å². The molecule has 8 heteroatoms. The van der Waals surface area contributed by atoms with Gasteiger partial charge in [-0.25, -0.2) is 0 Å². The molecule has 1 aliphatic heterocycles. The third kappa shape index (κ3) is 5.77. The Labute approximate surface area is 153 Å². The van der Waals surface area contributed by atoms with Crippen molar-refractivity contribution in [3.8, 4) is 0 Å². The van der Waals surface area contributed by atoms with Gasteiger partial charge in [0.15, 0.2) is 0 Å². The van der Waals surface area contributed by atoms with Gasteiger partial charge in [-0.3, -0.25) is 9.59 Å². The lowest BCUT2D eigenvalue weighted by Gasteiger charge is -2.15. The maximum Gasteiger partial charge on any atom is 0.251 e. The zero-order valence-corrected chi connectivity index (χ0v) is 15.1. The second-order valence-corrected chi connectivity index (χ2v) is 6.63. The minimum absolute atomic E-state index is 0.0463. The fourth-order valence-corrected chi connectivity index (χ4v) is 2.72. The number of rotatable bonds is 8. The Balaban J connectivity index is 1.79. The van der Waals surface area contributed by atoms with E-state index in [-0.39, 0.29) is 24.8 Å². The van der Waals surface area contributed by atoms with Crippen molar-refractivity contribution >= 4 is 11.8 Å². The Bertz CT molecular complexity index is 596. The lowest BCUT2D eigenvalue weighted by molar-refractivity contribution is -0.125. The molecule has 2 rings (SSSR count). The lowest BCUT2D eigenvalue weighted by atomic mass is 10.1. The molecule has 1 fully saturated rings. The molecule has 4 atom stereocenters. The van der Waals surface area contributed by atoms with Crippen LogP contribution in [0.25, 0.3) is 0 Å². The minimum atomic E-state index is -1.17. The first kappa shape index (κ1) is 20.3. The standard InChI is InChI=1S/C18H27N3O5/c1-21(2)9-8-19-15(22)10-13-16(23)17(24)14(26-13)11-20-18(25)12-6-4-3-5-7-12/h3-7,13-14,16-17,23-24H,8-11H2,1-2H3,(H,19,22)(H,20,25). The molecule has 2 amide bonds. The van der Waals surface area contributed by atoms with Crippen LogP contribution in [0.4, 0.5) is 0 Å². The number of carbonyl (C=O) groups excluding carboxylic acids is 2. The van der Waals surface area contributed by atoms with Crippen LogP contribution in [0.3, 0.4) is 0 Å². The van der Waals surface area contributed by atoms with E-state index in [1.54, 1.807) is 24.3 Å². The van der Waals surface area contributed by atoms with Gasteiger partial charge >= 0.3 is 0 Å². The fraction of sp³-hybridized carbons (Fsp3) is 0.556. The van der Waals surface area contributed by atoms with E-state index in [0.29, 0.717) is 18.7 Å². The van der Waals surface area contributed by atoms with Crippen molar-refractivity contribution in [3.05, 3.63) is 35.9 Å². The Kier molecular flexibility index (Phi) is 7.52. The smallest absolute Gasteiger partial charge is 0.251 e. The number of benzene rings is 1. The third-order valence-corrected chi connectivity index (χ3v) is 4.23. The molecule has 26 heavy (non-hydrogen) atoms. The van der Waals surface area contributed by atoms with Gasteiger partial charge in [-0.2, -0.15) is 0 Å². The van der Waals surface area contributed by atoms with Crippen LogP contribution in [-0.2, 0) is 9.53 Å². The molecule has 8 nitrogen and oxygen atoms in total. The Morgan fingerprint density at radius 1 is 1.08 bits per heavy atom. The number of carbonyl (C=O) groups is 2. The highest BCUT2D eigenvalue weighted by Gasteiger charge is 2.43. The van der Waals surface area contributed by atoms with Crippen LogP contribution < -0.4 is 10.6 Å². The fourth-order valence-electron chi connectivity index (χ4n) is 2.72. The molecule has 0 saturated carbocycles. The average molecular weight is 365 g/mol. The summed E-state index contributed by atoms with van der Waals surface area (Å²) in [6.45, 7) is 1.25. The van der Waals surface area contributed by atoms with Gasteiger partial charge in [0.05, 0.1) is 12.5 Å². The molecule has 1 aromatic rings. The van der Waals surface area contributed by atoms with Gasteiger partial charge in [-0.15, -0.1) is 0 Å². The molecular weight excluding hydrogens is 338 g/mol. The molecule has 0 aliphatic carbocycles. The van der Waals surface area contributed by atoms with Crippen molar-refractivity contribution in [1.29, 1.82) is 0 Å². The summed E-state index contributed by atoms with van der Waals surface area (Å²) in [7, 11) is 3.81. The van der Waals surface area contributed by atoms with Crippen LogP contribution in [0.2, 0.25) is 0 Å². The zero-order valence-electron chi connectivity index (χ0n) is 15.1. The quantitative estimate of drug-likeness (QED) is 0.469. The maximum atomic E-state index is 12.0. The molecule has 1 heterocycles. The summed E-state index contributed by atoms with van der Waals surface area (Å²) in [6, 6.07) is 8.67. The van der Waals surface area contributed by atoms with Crippen LogP contribution >= 0.6 is 0 Å². The number of hydrogen-bond acceptors (Lipinski definition) is 6. The lowest BCUT2D eigenvalue weighted by Crippen LogP contribution is -2.40. The van der Waals surface area contributed by atoms with Gasteiger partial charge in [0.2, 0.25) is 5.91 Å². The molecule has 4 N–H and O–H groups in total. The number of aliphatic hydroxyl groups excluding tert-OH is 2. The van der Waals surface area contributed by atoms with Crippen LogP contribution in [0, 0.1) is 0 Å². The normalized spacial score (nSPS) is 25.3. The summed E-state index contributed by atoms with van der Waals surface area (Å²) in [6.07, 6.45) is -3.95. The van der Waals surface area contributed by atoms with E-state index in [9.17, 15) is 19.8 Å². The Morgan fingerprint density at radius 2 is 1.73 bits per heavy atom. The highest BCUT2D eigenvalue weighted by Crippen LogP contribution is 2.23. The van der Waals surface area contributed by atoms with Gasteiger partial charge in [0.25, 0.3) is 5.91 Å². The van der Waals surface area contributed by atoms with Crippen molar-refractivity contribution in [3.63, 3.8) is 0 Å². The monoisotopic (exact) mass is 365 g/mol. The largest absolute Gasteiger partial charge is 0.388 e. The van der Waals surface area contributed by atoms with Crippen LogP contribution in [-0.4, -0.2) is 85.1 Å². The number of aliphatic hydroxyl groups is 2. The molecule has 1 saturated heterocycles. The van der Waals surface area contributed by atoms with Gasteiger partial charge in [0.1, 0.15) is 18.3 Å². The summed E-state index contributed by atoms with van der Waals surface area (Å²) in [4.78, 5) is 25.9. The van der Waals surface area contributed by atoms with E-state index in [2.05, 4.69) is 10.6 Å². The molecule has 4 unspecified atom stereocenters. The summed E-state index contributed by atoms with van der Waals surface area (Å²) >= 11 is 0. The molecule has 0 radical (unpaired) electrons. The van der Waals surface area contributed by atoms with E-state index in [1.807, 2.05) is 25.1 Å². The molecular formula is C18H27N3O5. The first-order chi connectivity index (χ1) is 12.4. The van der Waals surface area contributed by atoms with Crippen molar-refractivity contribution in [2.75, 3.05) is 33.7 Å². The zero-order chi connectivity index (χ0) is 19.1. The van der Waals surface area contributed by atoms with Crippen LogP contribution in [0.1, 0.15) is 16.8 Å². The maximum absolute atomic E-state index is 12.0. The SMILES string of the molecule is CN(C)CCNC(=O)CC1OC(CNC(=O)c2ccccc2)C(O)C1O. The van der Waals surface area contributed by atoms with Gasteiger partial charge < -0.3 is 30.5 Å². The first-order valence-corrected chi connectivity index (χ1v) is 8.64. The average Bonchev–Trinajstić information content (AvgIpc) is 2.88. The molecule has 0 spiro atoms. The number of hydrogen-bond donors (Lipinski definition) is 4. The minimum Gasteiger partial charge on any atom is -0.388 e.